The van der Waals surface area contributed by atoms with Crippen LogP contribution in [0.3, 0.4) is 0 Å². The van der Waals surface area contributed by atoms with Crippen LogP contribution in [0.1, 0.15) is 31.9 Å². The Bertz CT molecular complexity index is 989. The zero-order valence-corrected chi connectivity index (χ0v) is 18.0. The fourth-order valence-electron chi connectivity index (χ4n) is 3.13. The molecule has 0 heterocycles. The molecule has 2 N–H and O–H groups in total. The van der Waals surface area contributed by atoms with Crippen LogP contribution < -0.4 is 10.9 Å². The molecule has 0 aliphatic carbocycles. The smallest absolute Gasteiger partial charge is 0.291 e. The van der Waals surface area contributed by atoms with Crippen molar-refractivity contribution in [1.29, 1.82) is 0 Å². The van der Waals surface area contributed by atoms with Gasteiger partial charge in [-0.15, -0.1) is 4.48 Å². The van der Waals surface area contributed by atoms with Crippen molar-refractivity contribution in [2.45, 2.75) is 43.4 Å². The molecule has 0 fully saturated rings. The number of nitrogens with one attached hydrogen (secondary N) is 2. The number of carbonyl (C=O) groups excluding carboxylic acids is 1. The predicted octanol–water partition coefficient (Wildman–Crippen LogP) is 4.37. The Morgan fingerprint density at radius 3 is 1.84 bits per heavy atom. The van der Waals surface area contributed by atoms with Gasteiger partial charge >= 0.3 is 6.18 Å². The van der Waals surface area contributed by atoms with Crippen LogP contribution in [0.2, 0.25) is 0 Å². The molecule has 0 bridgehead atoms. The highest BCUT2D eigenvalue weighted by Crippen LogP contribution is 2.34. The van der Waals surface area contributed by atoms with E-state index in [-0.39, 0.29) is 22.8 Å². The molecule has 170 valence electrons. The first-order valence-corrected chi connectivity index (χ1v) is 11.4. The molecule has 0 aliphatic heterocycles. The van der Waals surface area contributed by atoms with Crippen molar-refractivity contribution in [2.75, 3.05) is 6.26 Å². The van der Waals surface area contributed by atoms with E-state index in [4.69, 9.17) is 0 Å². The maximum atomic E-state index is 13.7. The molecule has 2 rings (SSSR count). The number of carbonyl (C=O) groups is 1. The van der Waals surface area contributed by atoms with Crippen molar-refractivity contribution in [3.05, 3.63) is 54.1 Å². The van der Waals surface area contributed by atoms with Crippen LogP contribution in [0.4, 0.5) is 17.7 Å². The van der Waals surface area contributed by atoms with Gasteiger partial charge in [-0.05, 0) is 41.2 Å². The fraction of sp³-hybridized carbons (Fsp3) is 0.381. The van der Waals surface area contributed by atoms with Crippen LogP contribution in [0.5, 0.6) is 0 Å². The molecule has 0 saturated heterocycles. The largest absolute Gasteiger partial charge is 0.407 e. The Hall–Kier alpha value is -2.46. The molecule has 31 heavy (non-hydrogen) atoms. The minimum absolute atomic E-state index is 0.0209. The molecular weight excluding hydrogens is 436 g/mol. The summed E-state index contributed by atoms with van der Waals surface area (Å²) in [5.41, 5.74) is 2.00. The molecule has 0 saturated carbocycles. The van der Waals surface area contributed by atoms with Crippen LogP contribution in [-0.4, -0.2) is 32.8 Å². The van der Waals surface area contributed by atoms with Crippen molar-refractivity contribution in [3.8, 4) is 11.1 Å². The van der Waals surface area contributed by atoms with Crippen LogP contribution in [0.25, 0.3) is 11.1 Å². The van der Waals surface area contributed by atoms with E-state index in [1.165, 1.54) is 36.4 Å². The molecule has 0 unspecified atom stereocenters. The lowest BCUT2D eigenvalue weighted by Gasteiger charge is -2.27. The number of amides is 1. The third-order valence-electron chi connectivity index (χ3n) is 4.67. The van der Waals surface area contributed by atoms with E-state index >= 15 is 0 Å². The Balaban J connectivity index is 2.31. The first-order valence-electron chi connectivity index (χ1n) is 9.46. The molecule has 0 radical (unpaired) electrons. The van der Waals surface area contributed by atoms with Crippen molar-refractivity contribution in [3.63, 3.8) is 0 Å². The van der Waals surface area contributed by atoms with Gasteiger partial charge in [-0.2, -0.15) is 18.7 Å². The van der Waals surface area contributed by atoms with Gasteiger partial charge in [0.25, 0.3) is 5.91 Å². The van der Waals surface area contributed by atoms with Gasteiger partial charge in [0.1, 0.15) is 6.04 Å². The fourth-order valence-corrected chi connectivity index (χ4v) is 3.76. The van der Waals surface area contributed by atoms with Gasteiger partial charge in [-0.25, -0.2) is 8.42 Å². The quantitative estimate of drug-likeness (QED) is 0.453. The molecule has 2 aromatic rings. The summed E-state index contributed by atoms with van der Waals surface area (Å²) in [6.45, 7) is 3.43. The third kappa shape index (κ3) is 6.76. The molecule has 1 amide bonds. The van der Waals surface area contributed by atoms with Crippen molar-refractivity contribution >= 4 is 15.7 Å². The van der Waals surface area contributed by atoms with Gasteiger partial charge < -0.3 is 0 Å². The second-order valence-electron chi connectivity index (χ2n) is 7.70. The summed E-state index contributed by atoms with van der Waals surface area (Å²) in [6, 6.07) is 7.92. The lowest BCUT2D eigenvalue weighted by Crippen LogP contribution is -2.48. The lowest BCUT2D eigenvalue weighted by molar-refractivity contribution is -0.161. The summed E-state index contributed by atoms with van der Waals surface area (Å²) < 4.78 is 76.8. The minimum Gasteiger partial charge on any atom is -0.291 e. The number of alkyl halides is 3. The summed E-state index contributed by atoms with van der Waals surface area (Å²) in [6.07, 6.45) is -3.62. The first kappa shape index (κ1) is 24.8. The zero-order chi connectivity index (χ0) is 23.4. The predicted molar refractivity (Wildman–Crippen MR) is 109 cm³/mol. The van der Waals surface area contributed by atoms with E-state index in [2.05, 4.69) is 5.32 Å². The number of rotatable bonds is 8. The second kappa shape index (κ2) is 9.78. The highest BCUT2D eigenvalue weighted by Gasteiger charge is 2.43. The number of halogens is 4. The molecule has 0 aromatic heterocycles. The third-order valence-corrected chi connectivity index (χ3v) is 5.80. The number of benzene rings is 2. The molecule has 10 heteroatoms. The maximum absolute atomic E-state index is 13.7. The Morgan fingerprint density at radius 1 is 0.968 bits per heavy atom. The number of hydrogen-bond donors (Lipinski definition) is 2. The molecule has 2 aromatic carbocycles. The van der Waals surface area contributed by atoms with E-state index in [0.717, 1.165) is 11.8 Å². The van der Waals surface area contributed by atoms with Crippen molar-refractivity contribution in [2.24, 2.45) is 5.92 Å². The van der Waals surface area contributed by atoms with Gasteiger partial charge in [-0.1, -0.05) is 50.2 Å². The van der Waals surface area contributed by atoms with Crippen LogP contribution in [-0.2, 0) is 14.6 Å². The topological polar surface area (TPSA) is 75.3 Å². The van der Waals surface area contributed by atoms with Crippen molar-refractivity contribution < 1.29 is 30.9 Å². The lowest BCUT2D eigenvalue weighted by atomic mass is 9.98. The SMILES string of the molecule is CC(C)C[C@H](N[C@@H](c1ccc(-c2ccc(S(C)(=O)=O)cc2)cc1)C(F)(F)F)C(=O)NF. The molecule has 0 spiro atoms. The average molecular weight is 460 g/mol. The molecular formula is C21H24F4N2O3S. The van der Waals surface area contributed by atoms with Crippen LogP contribution in [0.15, 0.2) is 53.4 Å². The standard InChI is InChI=1S/C21H24F4N2O3S/c1-13(2)12-18(20(28)27-25)26-19(21(22,23)24)16-6-4-14(5-7-16)15-8-10-17(11-9-15)31(3,29)30/h4-11,13,18-19,26H,12H2,1-3H3,(H,27,28)/t18-,19-/m0/s1. The Labute approximate surface area is 178 Å². The van der Waals surface area contributed by atoms with E-state index in [1.54, 1.807) is 26.0 Å². The van der Waals surface area contributed by atoms with Crippen LogP contribution >= 0.6 is 0 Å². The maximum Gasteiger partial charge on any atom is 0.407 e. The van der Waals surface area contributed by atoms with Crippen LogP contribution in [0, 0.1) is 5.92 Å². The van der Waals surface area contributed by atoms with E-state index in [1.807, 2.05) is 0 Å². The van der Waals surface area contributed by atoms with E-state index in [9.17, 15) is 30.9 Å². The normalized spacial score (nSPS) is 14.3. The monoisotopic (exact) mass is 460 g/mol. The van der Waals surface area contributed by atoms with Gasteiger partial charge in [0.2, 0.25) is 0 Å². The van der Waals surface area contributed by atoms with Gasteiger partial charge in [-0.3, -0.25) is 10.1 Å². The van der Waals surface area contributed by atoms with Crippen molar-refractivity contribution in [1.82, 2.24) is 10.9 Å². The highest BCUT2D eigenvalue weighted by atomic mass is 32.2. The Morgan fingerprint density at radius 2 is 1.45 bits per heavy atom. The van der Waals surface area contributed by atoms with Gasteiger partial charge in [0.15, 0.2) is 9.84 Å². The summed E-state index contributed by atoms with van der Waals surface area (Å²) in [7, 11) is -3.36. The summed E-state index contributed by atoms with van der Waals surface area (Å²) in [5, 5.41) is 2.23. The minimum atomic E-state index is -4.72. The zero-order valence-electron chi connectivity index (χ0n) is 17.2. The Kier molecular flexibility index (Phi) is 7.82. The van der Waals surface area contributed by atoms with Gasteiger partial charge in [0.05, 0.1) is 10.9 Å². The number of sulfone groups is 1. The first-order chi connectivity index (χ1) is 14.3. The molecule has 2 atom stereocenters. The molecule has 5 nitrogen and oxygen atoms in total. The second-order valence-corrected chi connectivity index (χ2v) is 9.72. The summed E-state index contributed by atoms with van der Waals surface area (Å²) in [4.78, 5) is 11.9. The highest BCUT2D eigenvalue weighted by molar-refractivity contribution is 7.90. The van der Waals surface area contributed by atoms with E-state index < -0.39 is 34.0 Å². The van der Waals surface area contributed by atoms with E-state index in [0.29, 0.717) is 11.1 Å². The summed E-state index contributed by atoms with van der Waals surface area (Å²) >= 11 is 0. The summed E-state index contributed by atoms with van der Waals surface area (Å²) in [5.74, 6) is -1.30. The number of hydrogen-bond acceptors (Lipinski definition) is 4. The molecule has 0 aliphatic rings. The van der Waals surface area contributed by atoms with Gasteiger partial charge in [0, 0.05) is 6.26 Å². The average Bonchev–Trinajstić information content (AvgIpc) is 2.69.